The van der Waals surface area contributed by atoms with Crippen molar-refractivity contribution in [2.45, 2.75) is 129 Å². The SMILES string of the molecule is CCCCCC1C=CC(C2CCC(C=CC3CCC(c4ccc(CCCC)cc4)CC3)CC2)CC1. The number of aryl methyl sites for hydroxylation is 1. The van der Waals surface area contributed by atoms with Crippen molar-refractivity contribution < 1.29 is 0 Å². The zero-order valence-corrected chi connectivity index (χ0v) is 23.1. The van der Waals surface area contributed by atoms with Crippen molar-refractivity contribution in [1.29, 1.82) is 0 Å². The van der Waals surface area contributed by atoms with Gasteiger partial charge >= 0.3 is 0 Å². The lowest BCUT2D eigenvalue weighted by Gasteiger charge is -2.34. The molecule has 2 saturated carbocycles. The van der Waals surface area contributed by atoms with Crippen molar-refractivity contribution in [3.05, 3.63) is 59.7 Å². The highest BCUT2D eigenvalue weighted by molar-refractivity contribution is 5.26. The molecule has 3 aliphatic rings. The first-order chi connectivity index (χ1) is 17.2. The Labute approximate surface area is 218 Å². The van der Waals surface area contributed by atoms with Crippen LogP contribution in [-0.2, 0) is 6.42 Å². The fourth-order valence-electron chi connectivity index (χ4n) is 7.25. The largest absolute Gasteiger partial charge is 0.0851 e. The average Bonchev–Trinajstić information content (AvgIpc) is 2.92. The highest BCUT2D eigenvalue weighted by atomic mass is 14.3. The lowest BCUT2D eigenvalue weighted by atomic mass is 9.71. The van der Waals surface area contributed by atoms with Crippen LogP contribution in [0.3, 0.4) is 0 Å². The molecule has 0 N–H and O–H groups in total. The second-order valence-electron chi connectivity index (χ2n) is 12.4. The van der Waals surface area contributed by atoms with Crippen molar-refractivity contribution in [3.8, 4) is 0 Å². The van der Waals surface area contributed by atoms with Gasteiger partial charge in [-0.05, 0) is 130 Å². The van der Waals surface area contributed by atoms with E-state index in [1.54, 1.807) is 5.56 Å². The first-order valence-corrected chi connectivity index (χ1v) is 15.7. The van der Waals surface area contributed by atoms with Gasteiger partial charge in [0.2, 0.25) is 0 Å². The summed E-state index contributed by atoms with van der Waals surface area (Å²) in [5, 5.41) is 0. The molecule has 0 aliphatic heterocycles. The first-order valence-electron chi connectivity index (χ1n) is 15.7. The van der Waals surface area contributed by atoms with Crippen LogP contribution < -0.4 is 0 Å². The number of benzene rings is 1. The van der Waals surface area contributed by atoms with E-state index < -0.39 is 0 Å². The predicted octanol–water partition coefficient (Wildman–Crippen LogP) is 10.8. The monoisotopic (exact) mass is 474 g/mol. The molecule has 0 radical (unpaired) electrons. The van der Waals surface area contributed by atoms with E-state index in [-0.39, 0.29) is 0 Å². The van der Waals surface area contributed by atoms with Gasteiger partial charge in [0.15, 0.2) is 0 Å². The Morgan fingerprint density at radius 1 is 0.657 bits per heavy atom. The van der Waals surface area contributed by atoms with Crippen molar-refractivity contribution in [2.75, 3.05) is 0 Å². The van der Waals surface area contributed by atoms with Gasteiger partial charge in [-0.25, -0.2) is 0 Å². The number of hydrogen-bond donors (Lipinski definition) is 0. The normalized spacial score (nSPS) is 31.7. The van der Waals surface area contributed by atoms with Crippen LogP contribution in [0.25, 0.3) is 0 Å². The molecule has 0 nitrogen and oxygen atoms in total. The van der Waals surface area contributed by atoms with Gasteiger partial charge in [0, 0.05) is 0 Å². The lowest BCUT2D eigenvalue weighted by Crippen LogP contribution is -2.22. The Bertz CT molecular complexity index is 752. The van der Waals surface area contributed by atoms with Crippen LogP contribution in [-0.4, -0.2) is 0 Å². The van der Waals surface area contributed by atoms with Crippen LogP contribution in [0.15, 0.2) is 48.6 Å². The minimum atomic E-state index is 0.796. The minimum absolute atomic E-state index is 0.796. The summed E-state index contributed by atoms with van der Waals surface area (Å²) in [6, 6.07) is 9.64. The molecule has 2 unspecified atom stereocenters. The Morgan fingerprint density at radius 2 is 1.31 bits per heavy atom. The van der Waals surface area contributed by atoms with E-state index in [2.05, 4.69) is 62.4 Å². The topological polar surface area (TPSA) is 0 Å². The fourth-order valence-corrected chi connectivity index (χ4v) is 7.25. The molecule has 1 aromatic rings. The summed E-state index contributed by atoms with van der Waals surface area (Å²) in [6.45, 7) is 4.60. The molecule has 4 rings (SSSR count). The minimum Gasteiger partial charge on any atom is -0.0851 e. The van der Waals surface area contributed by atoms with Gasteiger partial charge in [-0.15, -0.1) is 0 Å². The van der Waals surface area contributed by atoms with Crippen molar-refractivity contribution >= 4 is 0 Å². The smallest absolute Gasteiger partial charge is 0.0162 e. The highest BCUT2D eigenvalue weighted by Gasteiger charge is 2.28. The molecule has 2 fully saturated rings. The third-order valence-electron chi connectivity index (χ3n) is 9.80. The molecule has 0 amide bonds. The van der Waals surface area contributed by atoms with Gasteiger partial charge in [0.1, 0.15) is 0 Å². The van der Waals surface area contributed by atoms with Gasteiger partial charge in [-0.3, -0.25) is 0 Å². The Morgan fingerprint density at radius 3 is 1.91 bits per heavy atom. The van der Waals surface area contributed by atoms with Crippen LogP contribution in [0.5, 0.6) is 0 Å². The molecular formula is C35H54. The average molecular weight is 475 g/mol. The molecule has 0 saturated heterocycles. The van der Waals surface area contributed by atoms with Crippen LogP contribution in [0, 0.1) is 29.6 Å². The van der Waals surface area contributed by atoms with E-state index in [1.807, 2.05) is 0 Å². The van der Waals surface area contributed by atoms with Crippen molar-refractivity contribution in [1.82, 2.24) is 0 Å². The Hall–Kier alpha value is -1.30. The summed E-state index contributed by atoms with van der Waals surface area (Å²) < 4.78 is 0. The van der Waals surface area contributed by atoms with Gasteiger partial charge in [0.25, 0.3) is 0 Å². The summed E-state index contributed by atoms with van der Waals surface area (Å²) in [4.78, 5) is 0. The van der Waals surface area contributed by atoms with Crippen LogP contribution in [0.1, 0.15) is 134 Å². The maximum Gasteiger partial charge on any atom is -0.0162 e. The second-order valence-corrected chi connectivity index (χ2v) is 12.4. The van der Waals surface area contributed by atoms with Crippen molar-refractivity contribution in [2.24, 2.45) is 29.6 Å². The van der Waals surface area contributed by atoms with Crippen LogP contribution >= 0.6 is 0 Å². The zero-order chi connectivity index (χ0) is 24.3. The van der Waals surface area contributed by atoms with E-state index in [4.69, 9.17) is 0 Å². The maximum absolute atomic E-state index is 2.64. The summed E-state index contributed by atoms with van der Waals surface area (Å²) in [5.41, 5.74) is 3.11. The van der Waals surface area contributed by atoms with E-state index in [0.29, 0.717) is 0 Å². The number of unbranched alkanes of at least 4 members (excludes halogenated alkanes) is 3. The van der Waals surface area contributed by atoms with Crippen LogP contribution in [0.2, 0.25) is 0 Å². The number of rotatable bonds is 11. The molecule has 0 heteroatoms. The summed E-state index contributed by atoms with van der Waals surface area (Å²) in [5.74, 6) is 5.23. The van der Waals surface area contributed by atoms with E-state index in [9.17, 15) is 0 Å². The highest BCUT2D eigenvalue weighted by Crippen LogP contribution is 2.41. The first kappa shape index (κ1) is 26.8. The lowest BCUT2D eigenvalue weighted by molar-refractivity contribution is 0.229. The summed E-state index contributed by atoms with van der Waals surface area (Å²) >= 11 is 0. The van der Waals surface area contributed by atoms with Gasteiger partial charge in [-0.1, -0.05) is 88.1 Å². The molecule has 194 valence electrons. The Balaban J connectivity index is 1.14. The fraction of sp³-hybridized carbons (Fsp3) is 0.714. The predicted molar refractivity (Wildman–Crippen MR) is 154 cm³/mol. The Kier molecular flexibility index (Phi) is 11.0. The molecule has 1 aromatic carbocycles. The molecule has 3 aliphatic carbocycles. The maximum atomic E-state index is 2.64. The molecule has 0 spiro atoms. The molecule has 0 heterocycles. The summed E-state index contributed by atoms with van der Waals surface area (Å²) in [7, 11) is 0. The number of hydrogen-bond acceptors (Lipinski definition) is 0. The van der Waals surface area contributed by atoms with E-state index in [0.717, 1.165) is 35.5 Å². The quantitative estimate of drug-likeness (QED) is 0.221. The van der Waals surface area contributed by atoms with E-state index in [1.165, 1.54) is 115 Å². The summed E-state index contributed by atoms with van der Waals surface area (Å²) in [6.07, 6.45) is 34.3. The van der Waals surface area contributed by atoms with Gasteiger partial charge < -0.3 is 0 Å². The van der Waals surface area contributed by atoms with Gasteiger partial charge in [-0.2, -0.15) is 0 Å². The van der Waals surface area contributed by atoms with Gasteiger partial charge in [0.05, 0.1) is 0 Å². The second kappa shape index (κ2) is 14.4. The van der Waals surface area contributed by atoms with E-state index >= 15 is 0 Å². The molecule has 0 aromatic heterocycles. The standard InChI is InChI=1S/C35H54/c1-3-5-7-9-29-14-22-33(23-15-29)35-26-18-31(19-27-35)11-10-30-16-24-34(25-17-30)32-20-12-28(13-21-32)8-6-4-2/h10-14,20-22,29-31,33-35H,3-9,15-19,23-27H2,1-2H3. The zero-order valence-electron chi connectivity index (χ0n) is 23.1. The third kappa shape index (κ3) is 8.36. The third-order valence-corrected chi connectivity index (χ3v) is 9.80. The van der Waals surface area contributed by atoms with Crippen molar-refractivity contribution in [3.63, 3.8) is 0 Å². The molecule has 2 atom stereocenters. The number of allylic oxidation sites excluding steroid dienone is 4. The molecular weight excluding hydrogens is 420 g/mol. The molecule has 35 heavy (non-hydrogen) atoms. The molecule has 0 bridgehead atoms. The van der Waals surface area contributed by atoms with Crippen LogP contribution in [0.4, 0.5) is 0 Å².